The van der Waals surface area contributed by atoms with Crippen molar-refractivity contribution in [1.29, 1.82) is 0 Å². The molecule has 0 aliphatic rings. The molecule has 7 nitrogen and oxygen atoms in total. The molecule has 0 bridgehead atoms. The van der Waals surface area contributed by atoms with Crippen molar-refractivity contribution in [2.75, 3.05) is 26.2 Å². The van der Waals surface area contributed by atoms with Gasteiger partial charge in [-0.2, -0.15) is 4.31 Å². The van der Waals surface area contributed by atoms with E-state index in [1.54, 1.807) is 20.8 Å². The van der Waals surface area contributed by atoms with E-state index in [-0.39, 0.29) is 29.3 Å². The number of nitrogens with zero attached hydrogens (tertiary/aromatic N) is 2. The second kappa shape index (κ2) is 8.79. The van der Waals surface area contributed by atoms with Crippen molar-refractivity contribution < 1.29 is 23.1 Å². The fourth-order valence-corrected chi connectivity index (χ4v) is 3.82. The molecular formula is C16H24N2O5S. The van der Waals surface area contributed by atoms with Gasteiger partial charge in [0.05, 0.1) is 11.3 Å². The van der Waals surface area contributed by atoms with Gasteiger partial charge in [0, 0.05) is 31.7 Å². The maximum atomic E-state index is 12.5. The van der Waals surface area contributed by atoms with Crippen molar-refractivity contribution in [2.45, 2.75) is 32.1 Å². The average Bonchev–Trinajstić information content (AvgIpc) is 2.56. The summed E-state index contributed by atoms with van der Waals surface area (Å²) in [4.78, 5) is 24.6. The van der Waals surface area contributed by atoms with Crippen LogP contribution in [0, 0.1) is 0 Å². The van der Waals surface area contributed by atoms with Gasteiger partial charge in [0.2, 0.25) is 10.0 Å². The van der Waals surface area contributed by atoms with Crippen molar-refractivity contribution in [3.05, 3.63) is 29.8 Å². The van der Waals surface area contributed by atoms with Crippen LogP contribution < -0.4 is 0 Å². The van der Waals surface area contributed by atoms with Crippen molar-refractivity contribution in [3.63, 3.8) is 0 Å². The number of aliphatic carboxylic acids is 1. The van der Waals surface area contributed by atoms with Gasteiger partial charge in [-0.15, -0.1) is 0 Å². The quantitative estimate of drug-likeness (QED) is 0.726. The molecule has 0 aromatic heterocycles. The lowest BCUT2D eigenvalue weighted by Crippen LogP contribution is -2.33. The number of amides is 1. The lowest BCUT2D eigenvalue weighted by Gasteiger charge is -2.21. The van der Waals surface area contributed by atoms with Gasteiger partial charge in [-0.1, -0.05) is 19.9 Å². The molecule has 0 unspecified atom stereocenters. The molecule has 0 radical (unpaired) electrons. The Balaban J connectivity index is 3.11. The predicted octanol–water partition coefficient (Wildman–Crippen LogP) is 1.65. The van der Waals surface area contributed by atoms with Gasteiger partial charge in [0.25, 0.3) is 5.91 Å². The first-order chi connectivity index (χ1) is 11.3. The van der Waals surface area contributed by atoms with E-state index in [4.69, 9.17) is 5.11 Å². The monoisotopic (exact) mass is 356 g/mol. The fraction of sp³-hybridized carbons (Fsp3) is 0.500. The van der Waals surface area contributed by atoms with Crippen LogP contribution in [-0.2, 0) is 14.8 Å². The third-order valence-corrected chi connectivity index (χ3v) is 5.73. The predicted molar refractivity (Wildman–Crippen MR) is 90.4 cm³/mol. The summed E-state index contributed by atoms with van der Waals surface area (Å²) in [7, 11) is -3.65. The Morgan fingerprint density at radius 1 is 1.08 bits per heavy atom. The number of benzene rings is 1. The van der Waals surface area contributed by atoms with Gasteiger partial charge in [0.1, 0.15) is 0 Å². The normalized spacial score (nSPS) is 11.5. The Morgan fingerprint density at radius 2 is 1.71 bits per heavy atom. The lowest BCUT2D eigenvalue weighted by atomic mass is 10.2. The third-order valence-electron chi connectivity index (χ3n) is 3.69. The molecule has 1 aromatic rings. The molecule has 1 amide bonds. The zero-order chi connectivity index (χ0) is 18.3. The first-order valence-corrected chi connectivity index (χ1v) is 9.33. The molecule has 8 heteroatoms. The standard InChI is InChI=1S/C16H24N2O5S/c1-4-17(11-10-15(19)20)16(21)13-8-7-9-14(12-13)24(22,23)18(5-2)6-3/h7-9,12H,4-6,10-11H2,1-3H3,(H,19,20). The Kier molecular flexibility index (Phi) is 7.37. The SMILES string of the molecule is CCN(CCC(=O)O)C(=O)c1cccc(S(=O)(=O)N(CC)CC)c1. The van der Waals surface area contributed by atoms with E-state index in [1.807, 2.05) is 0 Å². The zero-order valence-electron chi connectivity index (χ0n) is 14.2. The summed E-state index contributed by atoms with van der Waals surface area (Å²) < 4.78 is 26.4. The molecule has 0 spiro atoms. The smallest absolute Gasteiger partial charge is 0.305 e. The number of hydrogen-bond acceptors (Lipinski definition) is 4. The number of carboxylic acids is 1. The van der Waals surface area contributed by atoms with Crippen molar-refractivity contribution in [2.24, 2.45) is 0 Å². The fourth-order valence-electron chi connectivity index (χ4n) is 2.32. The van der Waals surface area contributed by atoms with Gasteiger partial charge >= 0.3 is 5.97 Å². The highest BCUT2D eigenvalue weighted by Gasteiger charge is 2.23. The van der Waals surface area contributed by atoms with Gasteiger partial charge in [-0.25, -0.2) is 8.42 Å². The van der Waals surface area contributed by atoms with Crippen LogP contribution >= 0.6 is 0 Å². The minimum absolute atomic E-state index is 0.0614. The number of carboxylic acid groups (broad SMARTS) is 1. The Morgan fingerprint density at radius 3 is 2.21 bits per heavy atom. The second-order valence-electron chi connectivity index (χ2n) is 5.15. The molecule has 1 rings (SSSR count). The van der Waals surface area contributed by atoms with E-state index < -0.39 is 16.0 Å². The first kappa shape index (κ1) is 20.1. The van der Waals surface area contributed by atoms with Crippen LogP contribution in [0.4, 0.5) is 0 Å². The summed E-state index contributed by atoms with van der Waals surface area (Å²) in [5.41, 5.74) is 0.232. The van der Waals surface area contributed by atoms with E-state index in [9.17, 15) is 18.0 Å². The molecule has 24 heavy (non-hydrogen) atoms. The lowest BCUT2D eigenvalue weighted by molar-refractivity contribution is -0.137. The summed E-state index contributed by atoms with van der Waals surface area (Å²) in [5.74, 6) is -1.37. The van der Waals surface area contributed by atoms with Crippen molar-refractivity contribution >= 4 is 21.9 Å². The molecule has 0 heterocycles. The van der Waals surface area contributed by atoms with Crippen LogP contribution in [0.5, 0.6) is 0 Å². The molecule has 0 fully saturated rings. The van der Waals surface area contributed by atoms with Crippen LogP contribution in [0.1, 0.15) is 37.6 Å². The highest BCUT2D eigenvalue weighted by molar-refractivity contribution is 7.89. The average molecular weight is 356 g/mol. The first-order valence-electron chi connectivity index (χ1n) is 7.89. The van der Waals surface area contributed by atoms with Gasteiger partial charge in [-0.05, 0) is 25.1 Å². The topological polar surface area (TPSA) is 95.0 Å². The van der Waals surface area contributed by atoms with Crippen LogP contribution in [0.2, 0.25) is 0 Å². The summed E-state index contributed by atoms with van der Waals surface area (Å²) in [6.07, 6.45) is -0.156. The van der Waals surface area contributed by atoms with Crippen LogP contribution in [0.3, 0.4) is 0 Å². The Hall–Kier alpha value is -1.93. The van der Waals surface area contributed by atoms with E-state index >= 15 is 0 Å². The molecule has 0 aliphatic heterocycles. The van der Waals surface area contributed by atoms with Gasteiger partial charge in [0.15, 0.2) is 0 Å². The number of sulfonamides is 1. The number of rotatable bonds is 9. The largest absolute Gasteiger partial charge is 0.481 e. The molecular weight excluding hydrogens is 332 g/mol. The van der Waals surface area contributed by atoms with E-state index in [0.29, 0.717) is 19.6 Å². The number of carbonyl (C=O) groups excluding carboxylic acids is 1. The number of carbonyl (C=O) groups is 2. The third kappa shape index (κ3) is 4.78. The van der Waals surface area contributed by atoms with E-state index in [1.165, 1.54) is 33.5 Å². The highest BCUT2D eigenvalue weighted by atomic mass is 32.2. The van der Waals surface area contributed by atoms with E-state index in [2.05, 4.69) is 0 Å². The van der Waals surface area contributed by atoms with Gasteiger partial charge in [-0.3, -0.25) is 9.59 Å². The summed E-state index contributed by atoms with van der Waals surface area (Å²) in [5, 5.41) is 8.75. The molecule has 1 N–H and O–H groups in total. The van der Waals surface area contributed by atoms with Crippen molar-refractivity contribution in [1.82, 2.24) is 9.21 Å². The van der Waals surface area contributed by atoms with Crippen LogP contribution in [0.25, 0.3) is 0 Å². The Labute approximate surface area is 142 Å². The maximum absolute atomic E-state index is 12.5. The molecule has 0 saturated carbocycles. The Bertz CT molecular complexity index is 683. The minimum Gasteiger partial charge on any atom is -0.481 e. The molecule has 0 aliphatic carbocycles. The van der Waals surface area contributed by atoms with Crippen LogP contribution in [0.15, 0.2) is 29.2 Å². The van der Waals surface area contributed by atoms with Gasteiger partial charge < -0.3 is 10.0 Å². The molecule has 0 atom stereocenters. The summed E-state index contributed by atoms with van der Waals surface area (Å²) >= 11 is 0. The van der Waals surface area contributed by atoms with E-state index in [0.717, 1.165) is 0 Å². The second-order valence-corrected chi connectivity index (χ2v) is 7.08. The maximum Gasteiger partial charge on any atom is 0.305 e. The molecule has 0 saturated heterocycles. The minimum atomic E-state index is -3.65. The van der Waals surface area contributed by atoms with Crippen molar-refractivity contribution in [3.8, 4) is 0 Å². The summed E-state index contributed by atoms with van der Waals surface area (Å²) in [6, 6.07) is 5.86. The molecule has 1 aromatic carbocycles. The number of hydrogen-bond donors (Lipinski definition) is 1. The molecule has 134 valence electrons. The zero-order valence-corrected chi connectivity index (χ0v) is 15.0. The summed E-state index contributed by atoms with van der Waals surface area (Å²) in [6.45, 7) is 6.36. The van der Waals surface area contributed by atoms with Crippen LogP contribution in [-0.4, -0.2) is 60.8 Å². The highest BCUT2D eigenvalue weighted by Crippen LogP contribution is 2.18.